The first kappa shape index (κ1) is 18.1. The zero-order chi connectivity index (χ0) is 17.7. The van der Waals surface area contributed by atoms with Crippen LogP contribution in [-0.2, 0) is 26.1 Å². The molecule has 128 valence electrons. The van der Waals surface area contributed by atoms with Gasteiger partial charge in [-0.15, -0.1) is 0 Å². The Morgan fingerprint density at radius 3 is 2.38 bits per heavy atom. The average molecular weight is 352 g/mol. The Bertz CT molecular complexity index is 822. The van der Waals surface area contributed by atoms with Gasteiger partial charge in [0.25, 0.3) is 10.0 Å². The Balaban J connectivity index is 2.07. The molecule has 0 atom stereocenters. The van der Waals surface area contributed by atoms with Crippen LogP contribution in [0.25, 0.3) is 0 Å². The molecule has 2 aromatic rings. The summed E-state index contributed by atoms with van der Waals surface area (Å²) in [4.78, 5) is 16.7. The SMILES string of the molecule is CON(C)S(=O)(=O)c1ccc(NC(=O)Cc2ccccc2F)cc1. The number of carbonyl (C=O) groups is 1. The minimum Gasteiger partial charge on any atom is -0.326 e. The van der Waals surface area contributed by atoms with Crippen molar-refractivity contribution < 1.29 is 22.4 Å². The summed E-state index contributed by atoms with van der Waals surface area (Å²) in [6.45, 7) is 0. The number of hydroxylamine groups is 1. The number of nitrogens with zero attached hydrogens (tertiary/aromatic N) is 1. The largest absolute Gasteiger partial charge is 0.326 e. The average Bonchev–Trinajstić information content (AvgIpc) is 2.56. The van der Waals surface area contributed by atoms with Crippen molar-refractivity contribution in [3.8, 4) is 0 Å². The van der Waals surface area contributed by atoms with Crippen LogP contribution in [0.4, 0.5) is 10.1 Å². The van der Waals surface area contributed by atoms with Crippen molar-refractivity contribution in [3.63, 3.8) is 0 Å². The van der Waals surface area contributed by atoms with E-state index in [0.29, 0.717) is 5.69 Å². The Labute approximate surface area is 139 Å². The van der Waals surface area contributed by atoms with Crippen molar-refractivity contribution in [1.29, 1.82) is 0 Å². The van der Waals surface area contributed by atoms with E-state index >= 15 is 0 Å². The molecule has 0 saturated carbocycles. The third-order valence-electron chi connectivity index (χ3n) is 3.34. The molecule has 6 nitrogen and oxygen atoms in total. The zero-order valence-electron chi connectivity index (χ0n) is 13.2. The molecule has 0 heterocycles. The smallest absolute Gasteiger partial charge is 0.264 e. The molecule has 0 bridgehead atoms. The summed E-state index contributed by atoms with van der Waals surface area (Å²) in [6.07, 6.45) is -0.112. The van der Waals surface area contributed by atoms with E-state index in [4.69, 9.17) is 0 Å². The van der Waals surface area contributed by atoms with Crippen LogP contribution in [0.3, 0.4) is 0 Å². The highest BCUT2D eigenvalue weighted by Crippen LogP contribution is 2.18. The first-order valence-corrected chi connectivity index (χ1v) is 8.45. The molecule has 0 aromatic heterocycles. The molecule has 0 saturated heterocycles. The van der Waals surface area contributed by atoms with Crippen LogP contribution in [0.1, 0.15) is 5.56 Å². The van der Waals surface area contributed by atoms with Crippen LogP contribution < -0.4 is 5.32 Å². The molecule has 0 aliphatic rings. The number of rotatable bonds is 6. The summed E-state index contributed by atoms with van der Waals surface area (Å²) in [5, 5.41) is 2.59. The van der Waals surface area contributed by atoms with E-state index in [1.165, 1.54) is 50.6 Å². The molecule has 0 spiro atoms. The molecule has 8 heteroatoms. The fraction of sp³-hybridized carbons (Fsp3) is 0.188. The summed E-state index contributed by atoms with van der Waals surface area (Å²) >= 11 is 0. The van der Waals surface area contributed by atoms with Crippen LogP contribution in [0, 0.1) is 5.82 Å². The van der Waals surface area contributed by atoms with E-state index < -0.39 is 21.7 Å². The molecule has 1 amide bonds. The highest BCUT2D eigenvalue weighted by molar-refractivity contribution is 7.89. The maximum absolute atomic E-state index is 13.5. The third-order valence-corrected chi connectivity index (χ3v) is 5.03. The van der Waals surface area contributed by atoms with Gasteiger partial charge in [-0.2, -0.15) is 0 Å². The lowest BCUT2D eigenvalue weighted by atomic mass is 10.1. The van der Waals surface area contributed by atoms with Crippen molar-refractivity contribution in [2.45, 2.75) is 11.3 Å². The Morgan fingerprint density at radius 1 is 1.17 bits per heavy atom. The molecular weight excluding hydrogens is 335 g/mol. The molecule has 0 unspecified atom stereocenters. The monoisotopic (exact) mass is 352 g/mol. The van der Waals surface area contributed by atoms with E-state index in [1.54, 1.807) is 12.1 Å². The van der Waals surface area contributed by atoms with E-state index in [1.807, 2.05) is 0 Å². The summed E-state index contributed by atoms with van der Waals surface area (Å²) < 4.78 is 38.3. The number of anilines is 1. The fourth-order valence-electron chi connectivity index (χ4n) is 1.98. The second-order valence-electron chi connectivity index (χ2n) is 4.94. The van der Waals surface area contributed by atoms with Gasteiger partial charge in [0, 0.05) is 12.7 Å². The van der Waals surface area contributed by atoms with Crippen molar-refractivity contribution in [2.75, 3.05) is 19.5 Å². The van der Waals surface area contributed by atoms with Gasteiger partial charge < -0.3 is 5.32 Å². The summed E-state index contributed by atoms with van der Waals surface area (Å²) in [5.41, 5.74) is 0.700. The third kappa shape index (κ3) is 4.16. The molecule has 0 aliphatic carbocycles. The van der Waals surface area contributed by atoms with Crippen molar-refractivity contribution in [3.05, 3.63) is 59.9 Å². The minimum absolute atomic E-state index is 0.0268. The van der Waals surface area contributed by atoms with Gasteiger partial charge in [0.2, 0.25) is 5.91 Å². The quantitative estimate of drug-likeness (QED) is 0.809. The van der Waals surface area contributed by atoms with Crippen LogP contribution in [0.2, 0.25) is 0 Å². The number of benzene rings is 2. The summed E-state index contributed by atoms with van der Waals surface area (Å²) in [5.74, 6) is -0.846. The molecule has 24 heavy (non-hydrogen) atoms. The van der Waals surface area contributed by atoms with Crippen molar-refractivity contribution >= 4 is 21.6 Å². The van der Waals surface area contributed by atoms with Gasteiger partial charge in [-0.3, -0.25) is 9.63 Å². The fourth-order valence-corrected chi connectivity index (χ4v) is 2.95. The number of sulfonamides is 1. The van der Waals surface area contributed by atoms with E-state index in [9.17, 15) is 17.6 Å². The number of nitrogens with one attached hydrogen (secondary N) is 1. The van der Waals surface area contributed by atoms with E-state index in [-0.39, 0.29) is 16.9 Å². The first-order valence-electron chi connectivity index (χ1n) is 7.01. The number of hydrogen-bond donors (Lipinski definition) is 1. The zero-order valence-corrected chi connectivity index (χ0v) is 14.0. The second kappa shape index (κ2) is 7.52. The molecule has 2 aromatic carbocycles. The maximum Gasteiger partial charge on any atom is 0.264 e. The van der Waals surface area contributed by atoms with Gasteiger partial charge in [-0.25, -0.2) is 12.8 Å². The van der Waals surface area contributed by atoms with Gasteiger partial charge in [-0.05, 0) is 35.9 Å². The topological polar surface area (TPSA) is 75.7 Å². The van der Waals surface area contributed by atoms with Gasteiger partial charge >= 0.3 is 0 Å². The summed E-state index contributed by atoms with van der Waals surface area (Å²) in [6, 6.07) is 11.6. The van der Waals surface area contributed by atoms with Crippen LogP contribution >= 0.6 is 0 Å². The van der Waals surface area contributed by atoms with Gasteiger partial charge in [-0.1, -0.05) is 22.7 Å². The Kier molecular flexibility index (Phi) is 5.66. The number of halogens is 1. The predicted octanol–water partition coefficient (Wildman–Crippen LogP) is 2.19. The Hall–Kier alpha value is -2.29. The van der Waals surface area contributed by atoms with Crippen molar-refractivity contribution in [1.82, 2.24) is 4.47 Å². The molecular formula is C16H17FN2O4S. The van der Waals surface area contributed by atoms with Gasteiger partial charge in [0.15, 0.2) is 0 Å². The molecule has 1 N–H and O–H groups in total. The van der Waals surface area contributed by atoms with E-state index in [0.717, 1.165) is 4.47 Å². The number of amides is 1. The maximum atomic E-state index is 13.5. The standard InChI is InChI=1S/C16H17FN2O4S/c1-19(23-2)24(21,22)14-9-7-13(8-10-14)18-16(20)11-12-5-3-4-6-15(12)17/h3-10H,11H2,1-2H3,(H,18,20). The number of hydrogen-bond acceptors (Lipinski definition) is 4. The number of carbonyl (C=O) groups excluding carboxylic acids is 1. The summed E-state index contributed by atoms with van der Waals surface area (Å²) in [7, 11) is -1.22. The van der Waals surface area contributed by atoms with Crippen LogP contribution in [0.15, 0.2) is 53.4 Å². The molecule has 0 radical (unpaired) electrons. The van der Waals surface area contributed by atoms with Gasteiger partial charge in [0.1, 0.15) is 5.82 Å². The minimum atomic E-state index is -3.74. The second-order valence-corrected chi connectivity index (χ2v) is 6.87. The molecule has 0 aliphatic heterocycles. The lowest BCUT2D eigenvalue weighted by Gasteiger charge is -2.14. The highest BCUT2D eigenvalue weighted by atomic mass is 32.2. The lowest BCUT2D eigenvalue weighted by molar-refractivity contribution is -0.115. The van der Waals surface area contributed by atoms with Crippen LogP contribution in [0.5, 0.6) is 0 Å². The van der Waals surface area contributed by atoms with E-state index in [2.05, 4.69) is 10.2 Å². The van der Waals surface area contributed by atoms with Crippen LogP contribution in [-0.4, -0.2) is 33.0 Å². The lowest BCUT2D eigenvalue weighted by Crippen LogP contribution is -2.25. The first-order chi connectivity index (χ1) is 11.3. The molecule has 0 fully saturated rings. The highest BCUT2D eigenvalue weighted by Gasteiger charge is 2.20. The van der Waals surface area contributed by atoms with Gasteiger partial charge in [0.05, 0.1) is 18.4 Å². The van der Waals surface area contributed by atoms with Crippen molar-refractivity contribution in [2.24, 2.45) is 0 Å². The normalized spacial score (nSPS) is 11.5. The predicted molar refractivity (Wildman–Crippen MR) is 87.1 cm³/mol. The Morgan fingerprint density at radius 2 is 1.79 bits per heavy atom. The molecule has 2 rings (SSSR count).